The van der Waals surface area contributed by atoms with E-state index in [0.717, 1.165) is 5.56 Å². The number of hydrogen-bond acceptors (Lipinski definition) is 5. The molecule has 1 amide bonds. The summed E-state index contributed by atoms with van der Waals surface area (Å²) in [6.07, 6.45) is 0.998. The number of esters is 1. The van der Waals surface area contributed by atoms with Crippen molar-refractivity contribution in [3.05, 3.63) is 58.6 Å². The van der Waals surface area contributed by atoms with Gasteiger partial charge in [-0.3, -0.25) is 9.59 Å². The van der Waals surface area contributed by atoms with E-state index in [4.69, 9.17) is 21.1 Å². The van der Waals surface area contributed by atoms with Crippen molar-refractivity contribution in [1.29, 1.82) is 5.26 Å². The van der Waals surface area contributed by atoms with Crippen LogP contribution in [0.2, 0.25) is 5.02 Å². The molecule has 0 radical (unpaired) electrons. The molecule has 2 aromatic rings. The third-order valence-corrected chi connectivity index (χ3v) is 5.11. The molecule has 3 rings (SSSR count). The maximum absolute atomic E-state index is 13.3. The minimum Gasteiger partial charge on any atom is -0.425 e. The van der Waals surface area contributed by atoms with E-state index in [2.05, 4.69) is 5.32 Å². The number of benzene rings is 2. The van der Waals surface area contributed by atoms with Gasteiger partial charge in [0.25, 0.3) is 0 Å². The van der Waals surface area contributed by atoms with Gasteiger partial charge >= 0.3 is 5.97 Å². The number of anilines is 1. The van der Waals surface area contributed by atoms with Crippen molar-refractivity contribution < 1.29 is 19.1 Å². The van der Waals surface area contributed by atoms with Crippen molar-refractivity contribution >= 4 is 29.2 Å². The van der Waals surface area contributed by atoms with Gasteiger partial charge in [0.1, 0.15) is 11.8 Å². The Morgan fingerprint density at radius 1 is 1.21 bits per heavy atom. The van der Waals surface area contributed by atoms with Crippen molar-refractivity contribution in [2.75, 3.05) is 18.5 Å². The van der Waals surface area contributed by atoms with Crippen molar-refractivity contribution in [2.45, 2.75) is 25.2 Å². The third-order valence-electron chi connectivity index (χ3n) is 4.78. The van der Waals surface area contributed by atoms with E-state index in [9.17, 15) is 14.9 Å². The number of carbonyl (C=O) groups excluding carboxylic acids is 2. The summed E-state index contributed by atoms with van der Waals surface area (Å²) in [6, 6.07) is 13.8. The minimum atomic E-state index is -0.821. The Labute approximate surface area is 168 Å². The molecule has 0 spiro atoms. The lowest BCUT2D eigenvalue weighted by molar-refractivity contribution is -0.132. The molecule has 0 saturated carbocycles. The van der Waals surface area contributed by atoms with E-state index in [1.54, 1.807) is 12.1 Å². The smallest absolute Gasteiger partial charge is 0.308 e. The first-order valence-electron chi connectivity index (χ1n) is 8.83. The lowest BCUT2D eigenvalue weighted by Gasteiger charge is -2.36. The average molecular weight is 399 g/mol. The zero-order chi connectivity index (χ0) is 20.1. The molecule has 1 fully saturated rings. The highest BCUT2D eigenvalue weighted by molar-refractivity contribution is 6.31. The van der Waals surface area contributed by atoms with Gasteiger partial charge in [-0.05, 0) is 42.7 Å². The molecule has 28 heavy (non-hydrogen) atoms. The van der Waals surface area contributed by atoms with Crippen LogP contribution in [-0.2, 0) is 19.7 Å². The number of halogens is 1. The summed E-state index contributed by atoms with van der Waals surface area (Å²) in [4.78, 5) is 24.5. The Morgan fingerprint density at radius 2 is 1.93 bits per heavy atom. The van der Waals surface area contributed by atoms with Crippen LogP contribution in [0.3, 0.4) is 0 Å². The molecule has 144 valence electrons. The first kappa shape index (κ1) is 19.9. The number of hydrogen-bond donors (Lipinski definition) is 1. The van der Waals surface area contributed by atoms with Crippen LogP contribution in [0.4, 0.5) is 5.69 Å². The number of carbonyl (C=O) groups is 2. The number of amides is 1. The summed E-state index contributed by atoms with van der Waals surface area (Å²) in [7, 11) is 0. The number of rotatable bonds is 4. The quantitative estimate of drug-likeness (QED) is 0.624. The molecule has 0 aliphatic carbocycles. The monoisotopic (exact) mass is 398 g/mol. The molecular formula is C21H19ClN2O4. The Morgan fingerprint density at radius 3 is 2.57 bits per heavy atom. The zero-order valence-electron chi connectivity index (χ0n) is 15.3. The van der Waals surface area contributed by atoms with Crippen LogP contribution >= 0.6 is 11.6 Å². The first-order valence-corrected chi connectivity index (χ1v) is 9.21. The van der Waals surface area contributed by atoms with Crippen molar-refractivity contribution in [3.63, 3.8) is 0 Å². The molecule has 0 bridgehead atoms. The second-order valence-electron chi connectivity index (χ2n) is 6.54. The zero-order valence-corrected chi connectivity index (χ0v) is 16.1. The predicted molar refractivity (Wildman–Crippen MR) is 104 cm³/mol. The van der Waals surface area contributed by atoms with Crippen molar-refractivity contribution in [2.24, 2.45) is 0 Å². The molecule has 0 unspecified atom stereocenters. The Balaban J connectivity index is 1.92. The summed E-state index contributed by atoms with van der Waals surface area (Å²) in [5.74, 6) is -0.582. The van der Waals surface area contributed by atoms with Gasteiger partial charge in [-0.15, -0.1) is 0 Å². The lowest BCUT2D eigenvalue weighted by Crippen LogP contribution is -2.45. The van der Waals surface area contributed by atoms with Crippen molar-refractivity contribution in [3.8, 4) is 11.8 Å². The maximum atomic E-state index is 13.3. The second-order valence-corrected chi connectivity index (χ2v) is 6.95. The van der Waals surface area contributed by atoms with Crippen LogP contribution in [0.15, 0.2) is 42.5 Å². The van der Waals surface area contributed by atoms with Gasteiger partial charge in [-0.2, -0.15) is 5.26 Å². The normalized spacial score (nSPS) is 15.3. The van der Waals surface area contributed by atoms with Crippen LogP contribution in [0.1, 0.15) is 30.9 Å². The fraction of sp³-hybridized carbons (Fsp3) is 0.286. The van der Waals surface area contributed by atoms with Gasteiger partial charge in [0.2, 0.25) is 5.91 Å². The lowest BCUT2D eigenvalue weighted by atomic mass is 9.73. The third kappa shape index (κ3) is 4.01. The van der Waals surface area contributed by atoms with Gasteiger partial charge in [-0.25, -0.2) is 0 Å². The van der Waals surface area contributed by atoms with Gasteiger partial charge < -0.3 is 14.8 Å². The van der Waals surface area contributed by atoms with E-state index in [1.165, 1.54) is 19.1 Å². The first-order chi connectivity index (χ1) is 13.5. The highest BCUT2D eigenvalue weighted by Crippen LogP contribution is 2.39. The summed E-state index contributed by atoms with van der Waals surface area (Å²) in [5, 5.41) is 12.7. The molecule has 1 aliphatic rings. The molecule has 7 heteroatoms. The molecule has 1 aliphatic heterocycles. The SMILES string of the molecule is CC(=O)Oc1ccc(NC(=O)C2(c3ccccc3Cl)CCOCC2)cc1C#N. The van der Waals surface area contributed by atoms with Gasteiger partial charge in [0.15, 0.2) is 0 Å². The molecule has 1 saturated heterocycles. The minimum absolute atomic E-state index is 0.153. The number of ether oxygens (including phenoxy) is 2. The van der Waals surface area contributed by atoms with Crippen LogP contribution in [0, 0.1) is 11.3 Å². The standard InChI is InChI=1S/C21H19ClN2O4/c1-14(25)28-19-7-6-16(12-15(19)13-23)24-20(26)21(8-10-27-11-9-21)17-4-2-3-5-18(17)22/h2-7,12H,8-11H2,1H3,(H,24,26). The van der Waals surface area contributed by atoms with E-state index < -0.39 is 11.4 Å². The maximum Gasteiger partial charge on any atom is 0.308 e. The number of nitrogens with one attached hydrogen (secondary N) is 1. The molecular weight excluding hydrogens is 380 g/mol. The fourth-order valence-corrected chi connectivity index (χ4v) is 3.69. The van der Waals surface area contributed by atoms with E-state index >= 15 is 0 Å². The Kier molecular flexibility index (Phi) is 5.98. The molecule has 6 nitrogen and oxygen atoms in total. The number of nitriles is 1. The molecule has 2 aromatic carbocycles. The van der Waals surface area contributed by atoms with Gasteiger partial charge in [0.05, 0.1) is 11.0 Å². The summed E-state index contributed by atoms with van der Waals surface area (Å²) in [5.41, 5.74) is 0.537. The molecule has 1 heterocycles. The molecule has 1 N–H and O–H groups in total. The van der Waals surface area contributed by atoms with E-state index in [-0.39, 0.29) is 17.2 Å². The van der Waals surface area contributed by atoms with Crippen LogP contribution in [0.25, 0.3) is 0 Å². The predicted octanol–water partition coefficient (Wildman–Crippen LogP) is 3.82. The summed E-state index contributed by atoms with van der Waals surface area (Å²) < 4.78 is 10.5. The number of nitrogens with zero attached hydrogens (tertiary/aromatic N) is 1. The highest BCUT2D eigenvalue weighted by Gasteiger charge is 2.43. The second kappa shape index (κ2) is 8.42. The van der Waals surface area contributed by atoms with Crippen LogP contribution in [0.5, 0.6) is 5.75 Å². The van der Waals surface area contributed by atoms with Gasteiger partial charge in [0, 0.05) is 30.8 Å². The van der Waals surface area contributed by atoms with Crippen molar-refractivity contribution in [1.82, 2.24) is 0 Å². The Bertz CT molecular complexity index is 946. The van der Waals surface area contributed by atoms with E-state index in [1.807, 2.05) is 24.3 Å². The topological polar surface area (TPSA) is 88.4 Å². The van der Waals surface area contributed by atoms with Crippen LogP contribution < -0.4 is 10.1 Å². The van der Waals surface area contributed by atoms with Crippen LogP contribution in [-0.4, -0.2) is 25.1 Å². The highest BCUT2D eigenvalue weighted by atomic mass is 35.5. The van der Waals surface area contributed by atoms with E-state index in [0.29, 0.717) is 36.8 Å². The molecule has 0 atom stereocenters. The average Bonchev–Trinajstić information content (AvgIpc) is 2.69. The summed E-state index contributed by atoms with van der Waals surface area (Å²) >= 11 is 6.40. The fourth-order valence-electron chi connectivity index (χ4n) is 3.38. The van der Waals surface area contributed by atoms with Gasteiger partial charge in [-0.1, -0.05) is 29.8 Å². The Hall–Kier alpha value is -2.88. The largest absolute Gasteiger partial charge is 0.425 e. The molecule has 0 aromatic heterocycles. The summed E-state index contributed by atoms with van der Waals surface area (Å²) in [6.45, 7) is 2.16.